The number of carbonyl (C=O) groups excluding carboxylic acids is 2. The second-order valence-corrected chi connectivity index (χ2v) is 24.1. The predicted octanol–water partition coefficient (Wildman–Crippen LogP) is 8.62. The first-order valence-electron chi connectivity index (χ1n) is 25.3. The standard InChI is InChI=1S/C53H66BrN12O4P/c1-6-36-30-45(58-53-55-32-41(54)51(60-53)57-44-12-11-43-40(9-7-34(2)56-43)50(44)71(4,5)69)48(70-3)31-47(36)65-23-18-38(19-24-65)64-27-25-62(26-28-64)20-15-35-16-21-63(22-17-35)39-8-10-42-37(29-39)33-66(61-42)46-13-14-49(67)59-52(46)68/h7-12,29-33,35,38,46H,6,13-28H2,1-5H3,(H,59,67,68)(H2,55,57,58,60). The van der Waals surface area contributed by atoms with E-state index in [0.29, 0.717) is 35.1 Å². The highest BCUT2D eigenvalue weighted by Crippen LogP contribution is 2.43. The number of fused-ring (bicyclic) bond motifs is 2. The number of aromatic nitrogens is 5. The van der Waals surface area contributed by atoms with Crippen molar-refractivity contribution in [1.29, 1.82) is 0 Å². The molecule has 374 valence electrons. The number of methoxy groups -OCH3 is 1. The molecule has 4 fully saturated rings. The molecule has 0 bridgehead atoms. The van der Waals surface area contributed by atoms with E-state index in [-0.39, 0.29) is 11.8 Å². The SMILES string of the molecule is CCc1cc(Nc2ncc(Br)c(Nc3ccc4nc(C)ccc4c3P(C)(C)=O)n2)c(OC)cc1N1CCC(N2CCN(CCC3CCN(c4ccc5nn(C6CCC(=O)NC6=O)cc5c4)CC3)CC2)CC1. The van der Waals surface area contributed by atoms with Gasteiger partial charge in [0.25, 0.3) is 5.91 Å². The van der Waals surface area contributed by atoms with Gasteiger partial charge in [-0.15, -0.1) is 0 Å². The number of piperazine rings is 1. The summed E-state index contributed by atoms with van der Waals surface area (Å²) in [4.78, 5) is 48.7. The Morgan fingerprint density at radius 3 is 2.34 bits per heavy atom. The molecule has 0 aliphatic carbocycles. The van der Waals surface area contributed by atoms with Gasteiger partial charge in [-0.1, -0.05) is 13.0 Å². The Morgan fingerprint density at radius 2 is 1.61 bits per heavy atom. The van der Waals surface area contributed by atoms with Crippen molar-refractivity contribution in [3.05, 3.63) is 82.7 Å². The lowest BCUT2D eigenvalue weighted by Gasteiger charge is -2.44. The van der Waals surface area contributed by atoms with Crippen molar-refractivity contribution in [2.45, 2.75) is 77.3 Å². The number of rotatable bonds is 14. The van der Waals surface area contributed by atoms with Crippen LogP contribution in [0.1, 0.15) is 69.2 Å². The molecule has 2 amide bonds. The molecule has 7 heterocycles. The summed E-state index contributed by atoms with van der Waals surface area (Å²) in [5, 5.41) is 16.6. The zero-order valence-electron chi connectivity index (χ0n) is 41.6. The Bertz CT molecular complexity index is 2990. The summed E-state index contributed by atoms with van der Waals surface area (Å²) in [7, 11) is -1.01. The number of benzene rings is 3. The van der Waals surface area contributed by atoms with E-state index < -0.39 is 13.2 Å². The molecule has 4 aliphatic heterocycles. The first kappa shape index (κ1) is 49.0. The molecule has 1 unspecified atom stereocenters. The lowest BCUT2D eigenvalue weighted by molar-refractivity contribution is -0.135. The van der Waals surface area contributed by atoms with Crippen LogP contribution in [0.15, 0.2) is 71.5 Å². The van der Waals surface area contributed by atoms with Crippen LogP contribution in [0.2, 0.25) is 0 Å². The Hall–Kier alpha value is -5.61. The Balaban J connectivity index is 0.696. The summed E-state index contributed by atoms with van der Waals surface area (Å²) in [6, 6.07) is 18.7. The monoisotopic (exact) mass is 1040 g/mol. The number of imide groups is 1. The molecule has 3 N–H and O–H groups in total. The van der Waals surface area contributed by atoms with Gasteiger partial charge < -0.3 is 34.6 Å². The maximum Gasteiger partial charge on any atom is 0.251 e. The molecule has 3 aromatic carbocycles. The number of amides is 2. The summed E-state index contributed by atoms with van der Waals surface area (Å²) >= 11 is 3.64. The van der Waals surface area contributed by atoms with Crippen LogP contribution in [-0.2, 0) is 20.6 Å². The van der Waals surface area contributed by atoms with E-state index in [1.54, 1.807) is 31.3 Å². The summed E-state index contributed by atoms with van der Waals surface area (Å²) in [5.41, 5.74) is 7.78. The number of carbonyl (C=O) groups is 2. The van der Waals surface area contributed by atoms with Crippen LogP contribution in [0.25, 0.3) is 21.8 Å². The minimum absolute atomic E-state index is 0.211. The minimum atomic E-state index is -2.72. The zero-order chi connectivity index (χ0) is 49.4. The molecule has 3 aromatic heterocycles. The molecular weight excluding hydrogens is 980 g/mol. The number of ether oxygens (including phenoxy) is 1. The molecule has 0 spiro atoms. The van der Waals surface area contributed by atoms with Crippen molar-refractivity contribution in [3.63, 3.8) is 0 Å². The Morgan fingerprint density at radius 1 is 0.845 bits per heavy atom. The first-order valence-corrected chi connectivity index (χ1v) is 28.7. The predicted molar refractivity (Wildman–Crippen MR) is 288 cm³/mol. The highest BCUT2D eigenvalue weighted by Gasteiger charge is 2.31. The number of nitrogens with one attached hydrogen (secondary N) is 3. The molecule has 1 atom stereocenters. The van der Waals surface area contributed by atoms with Crippen LogP contribution in [0.4, 0.5) is 34.5 Å². The fourth-order valence-electron chi connectivity index (χ4n) is 11.2. The number of pyridine rings is 1. The fraction of sp³-hybridized carbons (Fsp3) is 0.472. The Kier molecular flexibility index (Phi) is 14.4. The van der Waals surface area contributed by atoms with Gasteiger partial charge in [-0.05, 0) is 142 Å². The Labute approximate surface area is 424 Å². The second-order valence-electron chi connectivity index (χ2n) is 20.1. The molecule has 71 heavy (non-hydrogen) atoms. The molecular formula is C53H66BrN12O4P. The van der Waals surface area contributed by atoms with Gasteiger partial charge >= 0.3 is 0 Å². The number of nitrogens with zero attached hydrogens (tertiary/aromatic N) is 9. The minimum Gasteiger partial charge on any atom is -0.494 e. The van der Waals surface area contributed by atoms with Crippen molar-refractivity contribution < 1.29 is 18.9 Å². The fourth-order valence-corrected chi connectivity index (χ4v) is 13.0. The smallest absolute Gasteiger partial charge is 0.251 e. The van der Waals surface area contributed by atoms with Gasteiger partial charge in [0, 0.05) is 116 Å². The quantitative estimate of drug-likeness (QED) is 0.0701. The van der Waals surface area contributed by atoms with Gasteiger partial charge in [0.05, 0.1) is 34.0 Å². The number of hydrogen-bond acceptors (Lipinski definition) is 14. The van der Waals surface area contributed by atoms with E-state index in [2.05, 4.69) is 104 Å². The lowest BCUT2D eigenvalue weighted by Crippen LogP contribution is -2.53. The maximum atomic E-state index is 13.7. The normalized spacial score (nSPS) is 19.2. The van der Waals surface area contributed by atoms with Gasteiger partial charge in [0.2, 0.25) is 11.9 Å². The third kappa shape index (κ3) is 10.8. The van der Waals surface area contributed by atoms with Gasteiger partial charge in [-0.2, -0.15) is 10.1 Å². The molecule has 18 heteroatoms. The lowest BCUT2D eigenvalue weighted by atomic mass is 9.92. The number of piperidine rings is 3. The molecule has 6 aromatic rings. The van der Waals surface area contributed by atoms with Crippen molar-refractivity contribution >= 4 is 96.5 Å². The van der Waals surface area contributed by atoms with Crippen LogP contribution in [-0.4, -0.2) is 132 Å². The summed E-state index contributed by atoms with van der Waals surface area (Å²) in [5.74, 6) is 1.95. The van der Waals surface area contributed by atoms with E-state index in [1.807, 2.05) is 37.4 Å². The third-order valence-electron chi connectivity index (χ3n) is 15.1. The number of hydrogen-bond donors (Lipinski definition) is 3. The van der Waals surface area contributed by atoms with E-state index in [0.717, 1.165) is 127 Å². The second kappa shape index (κ2) is 20.9. The largest absolute Gasteiger partial charge is 0.494 e. The summed E-state index contributed by atoms with van der Waals surface area (Å²) < 4.78 is 22.1. The first-order chi connectivity index (χ1) is 34.3. The van der Waals surface area contributed by atoms with Crippen molar-refractivity contribution in [3.8, 4) is 5.75 Å². The molecule has 16 nitrogen and oxygen atoms in total. The molecule has 10 rings (SSSR count). The van der Waals surface area contributed by atoms with E-state index in [1.165, 1.54) is 42.7 Å². The summed E-state index contributed by atoms with van der Waals surface area (Å²) in [6.45, 7) is 17.6. The van der Waals surface area contributed by atoms with Gasteiger partial charge in [-0.3, -0.25) is 29.5 Å². The van der Waals surface area contributed by atoms with Crippen molar-refractivity contribution in [2.24, 2.45) is 5.92 Å². The molecule has 4 saturated heterocycles. The maximum absolute atomic E-state index is 13.7. The average Bonchev–Trinajstić information content (AvgIpc) is 3.80. The molecule has 4 aliphatic rings. The van der Waals surface area contributed by atoms with E-state index in [9.17, 15) is 14.2 Å². The van der Waals surface area contributed by atoms with Gasteiger partial charge in [0.15, 0.2) is 0 Å². The van der Waals surface area contributed by atoms with Gasteiger partial charge in [-0.25, -0.2) is 4.98 Å². The molecule has 0 radical (unpaired) electrons. The van der Waals surface area contributed by atoms with E-state index in [4.69, 9.17) is 9.72 Å². The third-order valence-corrected chi connectivity index (χ3v) is 17.3. The van der Waals surface area contributed by atoms with Crippen LogP contribution in [0.5, 0.6) is 5.75 Å². The van der Waals surface area contributed by atoms with Crippen molar-refractivity contribution in [1.82, 2.24) is 39.8 Å². The molecule has 0 saturated carbocycles. The van der Waals surface area contributed by atoms with Gasteiger partial charge in [0.1, 0.15) is 24.8 Å². The highest BCUT2D eigenvalue weighted by atomic mass is 79.9. The van der Waals surface area contributed by atoms with Crippen LogP contribution < -0.4 is 35.8 Å². The van der Waals surface area contributed by atoms with Crippen molar-refractivity contribution in [2.75, 3.05) is 99.8 Å². The average molecular weight is 1050 g/mol. The number of halogens is 1. The number of anilines is 6. The van der Waals surface area contributed by atoms with Crippen LogP contribution in [0, 0.1) is 12.8 Å². The zero-order valence-corrected chi connectivity index (χ0v) is 44.1. The van der Waals surface area contributed by atoms with E-state index >= 15 is 0 Å². The highest BCUT2D eigenvalue weighted by molar-refractivity contribution is 9.10. The summed E-state index contributed by atoms with van der Waals surface area (Å²) in [6.07, 6.45) is 11.3. The topological polar surface area (TPSA) is 166 Å². The number of aryl methyl sites for hydroxylation is 2. The van der Waals surface area contributed by atoms with Crippen LogP contribution in [0.3, 0.4) is 0 Å². The van der Waals surface area contributed by atoms with Crippen LogP contribution >= 0.6 is 23.1 Å².